The molecule has 1 N–H and O–H groups in total. The second kappa shape index (κ2) is 6.42. The lowest BCUT2D eigenvalue weighted by molar-refractivity contribution is -0.121. The van der Waals surface area contributed by atoms with E-state index in [4.69, 9.17) is 23.2 Å². The summed E-state index contributed by atoms with van der Waals surface area (Å²) in [5.41, 5.74) is 1.97. The number of carbonyl (C=O) groups excluding carboxylic acids is 1. The maximum atomic E-state index is 11.9. The summed E-state index contributed by atoms with van der Waals surface area (Å²) in [4.78, 5) is 11.9. The molecule has 2 aromatic rings. The molecule has 19 heavy (non-hydrogen) atoms. The van der Waals surface area contributed by atoms with Crippen molar-refractivity contribution in [1.82, 2.24) is 5.32 Å². The Morgan fingerprint density at radius 3 is 2.74 bits per heavy atom. The molecule has 0 saturated carbocycles. The summed E-state index contributed by atoms with van der Waals surface area (Å²) in [6.07, 6.45) is 0.398. The summed E-state index contributed by atoms with van der Waals surface area (Å²) in [6.45, 7) is 1.92. The fourth-order valence-electron chi connectivity index (χ4n) is 1.74. The van der Waals surface area contributed by atoms with Crippen molar-refractivity contribution in [3.05, 3.63) is 56.2 Å². The van der Waals surface area contributed by atoms with Crippen molar-refractivity contribution in [2.24, 2.45) is 0 Å². The Kier molecular flexibility index (Phi) is 4.86. The van der Waals surface area contributed by atoms with Gasteiger partial charge >= 0.3 is 0 Å². The maximum Gasteiger partial charge on any atom is 0.224 e. The minimum absolute atomic E-state index is 0.00280. The number of thiophene rings is 1. The summed E-state index contributed by atoms with van der Waals surface area (Å²) in [7, 11) is 0. The minimum Gasteiger partial charge on any atom is -0.349 e. The smallest absolute Gasteiger partial charge is 0.224 e. The van der Waals surface area contributed by atoms with Crippen molar-refractivity contribution < 1.29 is 4.79 Å². The Morgan fingerprint density at radius 1 is 1.32 bits per heavy atom. The normalized spacial score (nSPS) is 12.2. The quantitative estimate of drug-likeness (QED) is 0.886. The molecule has 0 bridgehead atoms. The molecule has 0 spiro atoms. The van der Waals surface area contributed by atoms with Crippen LogP contribution in [-0.4, -0.2) is 5.91 Å². The lowest BCUT2D eigenvalue weighted by Gasteiger charge is -2.14. The van der Waals surface area contributed by atoms with Crippen LogP contribution in [0.5, 0.6) is 0 Å². The molecular formula is C14H13Cl2NOS. The van der Waals surface area contributed by atoms with Crippen LogP contribution in [0.3, 0.4) is 0 Å². The van der Waals surface area contributed by atoms with Crippen molar-refractivity contribution in [3.8, 4) is 0 Å². The largest absolute Gasteiger partial charge is 0.349 e. The van der Waals surface area contributed by atoms with E-state index < -0.39 is 0 Å². The highest BCUT2D eigenvalue weighted by molar-refractivity contribution is 7.08. The molecule has 2 nitrogen and oxygen atoms in total. The van der Waals surface area contributed by atoms with Crippen LogP contribution < -0.4 is 5.32 Å². The number of carbonyl (C=O) groups is 1. The van der Waals surface area contributed by atoms with Gasteiger partial charge in [-0.25, -0.2) is 0 Å². The van der Waals surface area contributed by atoms with Crippen LogP contribution >= 0.6 is 34.5 Å². The first-order valence-corrected chi connectivity index (χ1v) is 7.51. The Bertz CT molecular complexity index is 569. The molecule has 0 aliphatic carbocycles. The number of halogens is 2. The third-order valence-electron chi connectivity index (χ3n) is 2.77. The highest BCUT2D eigenvalue weighted by Crippen LogP contribution is 2.25. The van der Waals surface area contributed by atoms with Gasteiger partial charge in [0.1, 0.15) is 0 Å². The number of benzene rings is 1. The van der Waals surface area contributed by atoms with E-state index in [0.29, 0.717) is 16.5 Å². The Labute approximate surface area is 126 Å². The molecule has 1 aromatic heterocycles. The predicted octanol–water partition coefficient (Wildman–Crippen LogP) is 4.47. The number of nitrogens with one attached hydrogen (secondary N) is 1. The fourth-order valence-corrected chi connectivity index (χ4v) is 2.71. The van der Waals surface area contributed by atoms with E-state index in [0.717, 1.165) is 11.1 Å². The average molecular weight is 314 g/mol. The molecule has 1 atom stereocenters. The standard InChI is InChI=1S/C14H13Cl2NOS/c1-9(11-2-3-12(15)13(16)7-11)17-14(18)6-10-4-5-19-8-10/h2-5,7-9H,6H2,1H3,(H,17,18)/t9-/m1/s1. The van der Waals surface area contributed by atoms with Gasteiger partial charge in [0, 0.05) is 0 Å². The van der Waals surface area contributed by atoms with E-state index >= 15 is 0 Å². The van der Waals surface area contributed by atoms with Gasteiger partial charge in [-0.3, -0.25) is 4.79 Å². The Balaban J connectivity index is 1.98. The fraction of sp³-hybridized carbons (Fsp3) is 0.214. The number of hydrogen-bond acceptors (Lipinski definition) is 2. The van der Waals surface area contributed by atoms with Crippen LogP contribution in [0.4, 0.5) is 0 Å². The number of rotatable bonds is 4. The Hall–Kier alpha value is -1.03. The molecule has 0 aliphatic rings. The van der Waals surface area contributed by atoms with Crippen LogP contribution in [0, 0.1) is 0 Å². The molecule has 0 fully saturated rings. The summed E-state index contributed by atoms with van der Waals surface area (Å²) >= 11 is 13.4. The zero-order chi connectivity index (χ0) is 13.8. The summed E-state index contributed by atoms with van der Waals surface area (Å²) in [5, 5.41) is 7.90. The van der Waals surface area contributed by atoms with Gasteiger partial charge in [-0.1, -0.05) is 29.3 Å². The highest BCUT2D eigenvalue weighted by atomic mass is 35.5. The molecular weight excluding hydrogens is 301 g/mol. The van der Waals surface area contributed by atoms with Crippen molar-refractivity contribution in [2.75, 3.05) is 0 Å². The van der Waals surface area contributed by atoms with Crippen LogP contribution in [0.15, 0.2) is 35.0 Å². The third kappa shape index (κ3) is 3.96. The SMILES string of the molecule is C[C@@H](NC(=O)Cc1ccsc1)c1ccc(Cl)c(Cl)c1. The number of amides is 1. The lowest BCUT2D eigenvalue weighted by Crippen LogP contribution is -2.27. The van der Waals surface area contributed by atoms with Crippen molar-refractivity contribution in [3.63, 3.8) is 0 Å². The van der Waals surface area contributed by atoms with Gasteiger partial charge < -0.3 is 5.32 Å². The molecule has 5 heteroatoms. The first-order valence-electron chi connectivity index (χ1n) is 5.81. The van der Waals surface area contributed by atoms with E-state index in [-0.39, 0.29) is 11.9 Å². The summed E-state index contributed by atoms with van der Waals surface area (Å²) in [5.74, 6) is -0.00280. The molecule has 1 amide bonds. The van der Waals surface area contributed by atoms with Crippen LogP contribution in [-0.2, 0) is 11.2 Å². The molecule has 100 valence electrons. The lowest BCUT2D eigenvalue weighted by atomic mass is 10.1. The van der Waals surface area contributed by atoms with Crippen LogP contribution in [0.2, 0.25) is 10.0 Å². The second-order valence-electron chi connectivity index (χ2n) is 4.27. The van der Waals surface area contributed by atoms with Gasteiger partial charge in [0.15, 0.2) is 0 Å². The van der Waals surface area contributed by atoms with E-state index in [2.05, 4.69) is 5.32 Å². The highest BCUT2D eigenvalue weighted by Gasteiger charge is 2.11. The molecule has 1 aromatic carbocycles. The average Bonchev–Trinajstić information content (AvgIpc) is 2.85. The van der Waals surface area contributed by atoms with Gasteiger partial charge in [-0.2, -0.15) is 11.3 Å². The first kappa shape index (κ1) is 14.4. The predicted molar refractivity (Wildman–Crippen MR) is 81.0 cm³/mol. The van der Waals surface area contributed by atoms with E-state index in [9.17, 15) is 4.79 Å². The van der Waals surface area contributed by atoms with E-state index in [1.807, 2.05) is 29.8 Å². The van der Waals surface area contributed by atoms with Crippen molar-refractivity contribution in [2.45, 2.75) is 19.4 Å². The molecule has 0 unspecified atom stereocenters. The van der Waals surface area contributed by atoms with Gasteiger partial charge in [0.05, 0.1) is 22.5 Å². The van der Waals surface area contributed by atoms with Gasteiger partial charge in [-0.15, -0.1) is 0 Å². The molecule has 0 saturated heterocycles. The third-order valence-corrected chi connectivity index (χ3v) is 4.24. The molecule has 0 aliphatic heterocycles. The van der Waals surface area contributed by atoms with E-state index in [1.165, 1.54) is 0 Å². The zero-order valence-corrected chi connectivity index (χ0v) is 12.6. The van der Waals surface area contributed by atoms with Crippen molar-refractivity contribution in [1.29, 1.82) is 0 Å². The zero-order valence-electron chi connectivity index (χ0n) is 10.3. The monoisotopic (exact) mass is 313 g/mol. The van der Waals surface area contributed by atoms with Crippen molar-refractivity contribution >= 4 is 40.4 Å². The maximum absolute atomic E-state index is 11.9. The van der Waals surface area contributed by atoms with Crippen LogP contribution in [0.1, 0.15) is 24.1 Å². The number of hydrogen-bond donors (Lipinski definition) is 1. The van der Waals surface area contributed by atoms with Crippen LogP contribution in [0.25, 0.3) is 0 Å². The molecule has 1 heterocycles. The van der Waals surface area contributed by atoms with Gasteiger partial charge in [0.25, 0.3) is 0 Å². The van der Waals surface area contributed by atoms with Gasteiger partial charge in [0.2, 0.25) is 5.91 Å². The summed E-state index contributed by atoms with van der Waals surface area (Å²) in [6, 6.07) is 7.23. The topological polar surface area (TPSA) is 29.1 Å². The van der Waals surface area contributed by atoms with E-state index in [1.54, 1.807) is 23.5 Å². The summed E-state index contributed by atoms with van der Waals surface area (Å²) < 4.78 is 0. The van der Waals surface area contributed by atoms with Gasteiger partial charge in [-0.05, 0) is 47.0 Å². The Morgan fingerprint density at radius 2 is 2.11 bits per heavy atom. The first-order chi connectivity index (χ1) is 9.06. The molecule has 2 rings (SSSR count). The minimum atomic E-state index is -0.0964. The molecule has 0 radical (unpaired) electrons. The second-order valence-corrected chi connectivity index (χ2v) is 5.87.